The van der Waals surface area contributed by atoms with Gasteiger partial charge >= 0.3 is 0 Å². The number of pyridine rings is 2. The number of aryl methyl sites for hydroxylation is 1. The smallest absolute Gasteiger partial charge is 0.102 e. The topological polar surface area (TPSA) is 52.8 Å². The Kier molecular flexibility index (Phi) is 4.26. The third kappa shape index (κ3) is 2.97. The second-order valence-electron chi connectivity index (χ2n) is 5.78. The minimum absolute atomic E-state index is 0.572. The van der Waals surface area contributed by atoms with Gasteiger partial charge in [0.05, 0.1) is 22.6 Å². The molecule has 0 fully saturated rings. The van der Waals surface area contributed by atoms with Crippen LogP contribution in [-0.2, 0) is 0 Å². The summed E-state index contributed by atoms with van der Waals surface area (Å²) in [5, 5.41) is 9.50. The Bertz CT molecular complexity index is 891. The summed E-state index contributed by atoms with van der Waals surface area (Å²) >= 11 is 0. The average molecular weight is 314 g/mol. The molecule has 0 bridgehead atoms. The van der Waals surface area contributed by atoms with Gasteiger partial charge in [-0.25, -0.2) is 0 Å². The highest BCUT2D eigenvalue weighted by Crippen LogP contribution is 2.29. The van der Waals surface area contributed by atoms with Crippen molar-refractivity contribution in [1.29, 1.82) is 5.26 Å². The molecule has 3 rings (SSSR count). The van der Waals surface area contributed by atoms with Crippen LogP contribution in [0.3, 0.4) is 0 Å². The zero-order valence-corrected chi connectivity index (χ0v) is 14.0. The molecule has 0 spiro atoms. The van der Waals surface area contributed by atoms with Crippen molar-refractivity contribution >= 4 is 5.69 Å². The lowest BCUT2D eigenvalue weighted by atomic mass is 10.00. The zero-order chi connectivity index (χ0) is 17.1. The Morgan fingerprint density at radius 2 is 1.75 bits per heavy atom. The quantitative estimate of drug-likeness (QED) is 0.731. The number of nitrogens with zero attached hydrogens (tertiary/aromatic N) is 4. The van der Waals surface area contributed by atoms with E-state index in [0.29, 0.717) is 11.3 Å². The van der Waals surface area contributed by atoms with Crippen molar-refractivity contribution in [3.63, 3.8) is 0 Å². The van der Waals surface area contributed by atoms with Crippen molar-refractivity contribution < 1.29 is 0 Å². The number of hydrogen-bond acceptors (Lipinski definition) is 4. The first-order chi connectivity index (χ1) is 11.6. The van der Waals surface area contributed by atoms with Crippen molar-refractivity contribution in [2.24, 2.45) is 0 Å². The molecule has 4 nitrogen and oxygen atoms in total. The summed E-state index contributed by atoms with van der Waals surface area (Å²) in [4.78, 5) is 11.1. The third-order valence-corrected chi connectivity index (χ3v) is 3.93. The van der Waals surface area contributed by atoms with Crippen LogP contribution in [0.2, 0.25) is 0 Å². The van der Waals surface area contributed by atoms with Crippen LogP contribution in [0.25, 0.3) is 22.5 Å². The van der Waals surface area contributed by atoms with Crippen LogP contribution < -0.4 is 4.90 Å². The Balaban J connectivity index is 2.13. The summed E-state index contributed by atoms with van der Waals surface area (Å²) in [6.45, 7) is 1.86. The van der Waals surface area contributed by atoms with Gasteiger partial charge in [-0.2, -0.15) is 5.26 Å². The molecule has 0 amide bonds. The molecule has 0 saturated carbocycles. The van der Waals surface area contributed by atoms with Crippen molar-refractivity contribution in [3.8, 4) is 28.6 Å². The van der Waals surface area contributed by atoms with E-state index in [0.717, 1.165) is 28.2 Å². The van der Waals surface area contributed by atoms with E-state index in [1.165, 1.54) is 0 Å². The molecule has 0 N–H and O–H groups in total. The summed E-state index contributed by atoms with van der Waals surface area (Å²) in [6.07, 6.45) is 1.73. The summed E-state index contributed by atoms with van der Waals surface area (Å²) < 4.78 is 0. The Morgan fingerprint density at radius 3 is 2.33 bits per heavy atom. The van der Waals surface area contributed by atoms with E-state index in [4.69, 9.17) is 0 Å². The maximum absolute atomic E-state index is 9.50. The van der Waals surface area contributed by atoms with Gasteiger partial charge in [0.2, 0.25) is 0 Å². The molecule has 0 radical (unpaired) electrons. The van der Waals surface area contributed by atoms with Gasteiger partial charge in [0.25, 0.3) is 0 Å². The maximum atomic E-state index is 9.50. The monoisotopic (exact) mass is 314 g/mol. The molecule has 1 aromatic carbocycles. The molecule has 0 unspecified atom stereocenters. The molecule has 2 heterocycles. The fraction of sp³-hybridized carbons (Fsp3) is 0.150. The lowest BCUT2D eigenvalue weighted by Gasteiger charge is -2.13. The van der Waals surface area contributed by atoms with Gasteiger partial charge in [0, 0.05) is 37.1 Å². The van der Waals surface area contributed by atoms with Gasteiger partial charge in [-0.15, -0.1) is 0 Å². The predicted molar refractivity (Wildman–Crippen MR) is 96.7 cm³/mol. The number of benzene rings is 1. The standard InChI is InChI=1S/C20H18N4/c1-14-18(13-21)17(19-6-4-5-11-22-19)12-20(23-14)15-7-9-16(10-8-15)24(2)3/h4-12H,1-3H3. The molecule has 3 aromatic rings. The highest BCUT2D eigenvalue weighted by Gasteiger charge is 2.13. The fourth-order valence-electron chi connectivity index (χ4n) is 2.62. The van der Waals surface area contributed by atoms with E-state index in [1.54, 1.807) is 6.20 Å². The first-order valence-electron chi connectivity index (χ1n) is 7.71. The SMILES string of the molecule is Cc1nc(-c2ccc(N(C)C)cc2)cc(-c2ccccn2)c1C#N. The number of anilines is 1. The molecule has 4 heteroatoms. The van der Waals surface area contributed by atoms with Gasteiger partial charge in [-0.3, -0.25) is 9.97 Å². The second-order valence-corrected chi connectivity index (χ2v) is 5.78. The Hall–Kier alpha value is -3.19. The molecule has 0 saturated heterocycles. The molecule has 2 aromatic heterocycles. The third-order valence-electron chi connectivity index (χ3n) is 3.93. The van der Waals surface area contributed by atoms with E-state index in [9.17, 15) is 5.26 Å². The maximum Gasteiger partial charge on any atom is 0.102 e. The van der Waals surface area contributed by atoms with Gasteiger partial charge in [-0.1, -0.05) is 18.2 Å². The van der Waals surface area contributed by atoms with E-state index < -0.39 is 0 Å². The Morgan fingerprint density at radius 1 is 1.00 bits per heavy atom. The molecule has 118 valence electrons. The van der Waals surface area contributed by atoms with Crippen molar-refractivity contribution in [1.82, 2.24) is 9.97 Å². The van der Waals surface area contributed by atoms with Gasteiger partial charge in [-0.05, 0) is 37.3 Å². The second kappa shape index (κ2) is 6.51. The molecular formula is C20H18N4. The Labute approximate surface area is 142 Å². The van der Waals surface area contributed by atoms with Gasteiger partial charge in [0.15, 0.2) is 0 Å². The summed E-state index contributed by atoms with van der Waals surface area (Å²) in [7, 11) is 4.02. The number of nitriles is 1. The zero-order valence-electron chi connectivity index (χ0n) is 14.0. The normalized spacial score (nSPS) is 10.2. The van der Waals surface area contributed by atoms with Gasteiger partial charge in [0.1, 0.15) is 6.07 Å². The first-order valence-corrected chi connectivity index (χ1v) is 7.71. The fourth-order valence-corrected chi connectivity index (χ4v) is 2.62. The van der Waals surface area contributed by atoms with Crippen LogP contribution in [0.15, 0.2) is 54.7 Å². The molecular weight excluding hydrogens is 296 g/mol. The van der Waals surface area contributed by atoms with Crippen molar-refractivity contribution in [2.45, 2.75) is 6.92 Å². The van der Waals surface area contributed by atoms with Crippen LogP contribution in [0.4, 0.5) is 5.69 Å². The van der Waals surface area contributed by atoms with Crippen LogP contribution in [0.5, 0.6) is 0 Å². The molecule has 0 aliphatic heterocycles. The molecule has 24 heavy (non-hydrogen) atoms. The van der Waals surface area contributed by atoms with Crippen LogP contribution in [-0.4, -0.2) is 24.1 Å². The number of hydrogen-bond donors (Lipinski definition) is 0. The average Bonchev–Trinajstić information content (AvgIpc) is 2.62. The molecule has 0 aliphatic carbocycles. The van der Waals surface area contributed by atoms with Crippen LogP contribution in [0, 0.1) is 18.3 Å². The minimum atomic E-state index is 0.572. The molecule has 0 atom stereocenters. The molecule has 0 aliphatic rings. The highest BCUT2D eigenvalue weighted by molar-refractivity contribution is 5.75. The van der Waals surface area contributed by atoms with E-state index in [-0.39, 0.29) is 0 Å². The minimum Gasteiger partial charge on any atom is -0.378 e. The number of aromatic nitrogens is 2. The highest BCUT2D eigenvalue weighted by atomic mass is 15.1. The van der Waals surface area contributed by atoms with Gasteiger partial charge < -0.3 is 4.90 Å². The number of rotatable bonds is 3. The first kappa shape index (κ1) is 15.7. The van der Waals surface area contributed by atoms with E-state index in [1.807, 2.05) is 57.4 Å². The van der Waals surface area contributed by atoms with Crippen molar-refractivity contribution in [3.05, 3.63) is 66.0 Å². The largest absolute Gasteiger partial charge is 0.378 e. The summed E-state index contributed by atoms with van der Waals surface area (Å²) in [5.41, 5.74) is 5.88. The lowest BCUT2D eigenvalue weighted by molar-refractivity contribution is 1.13. The van der Waals surface area contributed by atoms with Crippen LogP contribution in [0.1, 0.15) is 11.3 Å². The summed E-state index contributed by atoms with van der Waals surface area (Å²) in [6, 6.07) is 18.1. The summed E-state index contributed by atoms with van der Waals surface area (Å²) in [5.74, 6) is 0. The predicted octanol–water partition coefficient (Wildman–Crippen LogP) is 4.06. The van der Waals surface area contributed by atoms with Crippen molar-refractivity contribution in [2.75, 3.05) is 19.0 Å². The van der Waals surface area contributed by atoms with Crippen LogP contribution >= 0.6 is 0 Å². The van der Waals surface area contributed by atoms with E-state index in [2.05, 4.69) is 33.1 Å². The lowest BCUT2D eigenvalue weighted by Crippen LogP contribution is -2.08. The van der Waals surface area contributed by atoms with E-state index >= 15 is 0 Å².